The molecule has 0 aromatic heterocycles. The molecule has 0 radical (unpaired) electrons. The first-order valence-corrected chi connectivity index (χ1v) is 11.7. The number of carbonyl (C=O) groups excluding carboxylic acids is 1. The number of amides is 1. The van der Waals surface area contributed by atoms with E-state index in [0.717, 1.165) is 47.3 Å². The van der Waals surface area contributed by atoms with Gasteiger partial charge >= 0.3 is 0 Å². The molecule has 2 heterocycles. The van der Waals surface area contributed by atoms with Crippen LogP contribution in [0.1, 0.15) is 34.8 Å². The Morgan fingerprint density at radius 3 is 2.42 bits per heavy atom. The Labute approximate surface area is 182 Å². The second-order valence-electron chi connectivity index (χ2n) is 7.89. The number of carbonyl (C=O) groups is 1. The number of fused-ring (bicyclic) bond motifs is 1. The molecule has 1 N–H and O–H groups in total. The lowest BCUT2D eigenvalue weighted by Gasteiger charge is -2.28. The summed E-state index contributed by atoms with van der Waals surface area (Å²) in [6.07, 6.45) is 2.27. The number of hydrogen-bond acceptors (Lipinski definition) is 6. The average molecular weight is 446 g/mol. The van der Waals surface area contributed by atoms with Crippen LogP contribution in [-0.2, 0) is 10.0 Å². The average Bonchev–Trinajstić information content (AvgIpc) is 3.45. The minimum Gasteiger partial charge on any atom is -0.454 e. The zero-order chi connectivity index (χ0) is 22.0. The zero-order valence-electron chi connectivity index (χ0n) is 17.7. The highest BCUT2D eigenvalue weighted by Crippen LogP contribution is 2.36. The summed E-state index contributed by atoms with van der Waals surface area (Å²) in [6.45, 7) is 2.62. The second kappa shape index (κ2) is 8.86. The fraction of sp³-hybridized carbons (Fsp3) is 0.409. The van der Waals surface area contributed by atoms with Gasteiger partial charge in [-0.2, -0.15) is 0 Å². The Morgan fingerprint density at radius 2 is 1.74 bits per heavy atom. The first-order valence-electron chi connectivity index (χ1n) is 10.3. The van der Waals surface area contributed by atoms with Gasteiger partial charge in [-0.05, 0) is 67.9 Å². The minimum absolute atomic E-state index is 0.0225. The van der Waals surface area contributed by atoms with Crippen LogP contribution in [0.2, 0.25) is 0 Å². The van der Waals surface area contributed by atoms with Crippen LogP contribution in [0.5, 0.6) is 11.5 Å². The van der Waals surface area contributed by atoms with E-state index in [0.29, 0.717) is 12.1 Å². The fourth-order valence-electron chi connectivity index (χ4n) is 3.91. The molecule has 2 aliphatic rings. The first kappa shape index (κ1) is 21.6. The van der Waals surface area contributed by atoms with Crippen molar-refractivity contribution >= 4 is 15.9 Å². The van der Waals surface area contributed by atoms with Crippen LogP contribution in [0.4, 0.5) is 0 Å². The van der Waals surface area contributed by atoms with E-state index in [-0.39, 0.29) is 23.6 Å². The number of sulfonamides is 1. The van der Waals surface area contributed by atoms with Crippen molar-refractivity contribution in [1.29, 1.82) is 0 Å². The van der Waals surface area contributed by atoms with Crippen molar-refractivity contribution in [3.63, 3.8) is 0 Å². The topological polar surface area (TPSA) is 88.2 Å². The number of ether oxygens (including phenoxy) is 2. The highest BCUT2D eigenvalue weighted by Gasteiger charge is 2.26. The van der Waals surface area contributed by atoms with E-state index < -0.39 is 10.0 Å². The Morgan fingerprint density at radius 1 is 1.06 bits per heavy atom. The highest BCUT2D eigenvalue weighted by atomic mass is 32.2. The Hall–Kier alpha value is -2.62. The number of rotatable bonds is 7. The third-order valence-electron chi connectivity index (χ3n) is 5.71. The van der Waals surface area contributed by atoms with Crippen LogP contribution in [0.25, 0.3) is 0 Å². The monoisotopic (exact) mass is 445 g/mol. The molecule has 0 bridgehead atoms. The molecular formula is C22H27N3O5S. The van der Waals surface area contributed by atoms with Crippen LogP contribution in [0, 0.1) is 0 Å². The third-order valence-corrected chi connectivity index (χ3v) is 7.54. The highest BCUT2D eigenvalue weighted by molar-refractivity contribution is 7.89. The molecule has 9 heteroatoms. The molecule has 0 saturated carbocycles. The molecule has 31 heavy (non-hydrogen) atoms. The van der Waals surface area contributed by atoms with Gasteiger partial charge in [0.05, 0.1) is 10.9 Å². The summed E-state index contributed by atoms with van der Waals surface area (Å²) in [4.78, 5) is 15.3. The second-order valence-corrected chi connectivity index (χ2v) is 10.0. The molecule has 1 saturated heterocycles. The molecule has 1 atom stereocenters. The van der Waals surface area contributed by atoms with Crippen LogP contribution < -0.4 is 14.8 Å². The Balaban J connectivity index is 1.47. The summed E-state index contributed by atoms with van der Waals surface area (Å²) in [7, 11) is -0.571. The van der Waals surface area contributed by atoms with Crippen molar-refractivity contribution in [3.8, 4) is 11.5 Å². The lowest BCUT2D eigenvalue weighted by atomic mass is 10.0. The molecule has 4 rings (SSSR count). The van der Waals surface area contributed by atoms with Crippen molar-refractivity contribution in [2.24, 2.45) is 0 Å². The normalized spacial score (nSPS) is 17.1. The van der Waals surface area contributed by atoms with Crippen molar-refractivity contribution in [3.05, 3.63) is 53.6 Å². The molecule has 1 fully saturated rings. The number of nitrogens with zero attached hydrogens (tertiary/aromatic N) is 2. The maximum absolute atomic E-state index is 12.7. The molecule has 0 unspecified atom stereocenters. The largest absolute Gasteiger partial charge is 0.454 e. The Bertz CT molecular complexity index is 1050. The molecule has 1 amide bonds. The number of hydrogen-bond donors (Lipinski definition) is 1. The fourth-order valence-corrected chi connectivity index (χ4v) is 4.81. The van der Waals surface area contributed by atoms with E-state index in [1.807, 2.05) is 18.2 Å². The Kier molecular flexibility index (Phi) is 6.17. The van der Waals surface area contributed by atoms with E-state index in [9.17, 15) is 13.2 Å². The molecule has 166 valence electrons. The van der Waals surface area contributed by atoms with E-state index in [2.05, 4.69) is 10.2 Å². The van der Waals surface area contributed by atoms with Crippen LogP contribution in [0.3, 0.4) is 0 Å². The lowest BCUT2D eigenvalue weighted by molar-refractivity contribution is 0.0938. The van der Waals surface area contributed by atoms with E-state index in [1.54, 1.807) is 0 Å². The van der Waals surface area contributed by atoms with Crippen molar-refractivity contribution < 1.29 is 22.7 Å². The van der Waals surface area contributed by atoms with Gasteiger partial charge in [-0.25, -0.2) is 12.7 Å². The standard InChI is InChI=1S/C22H27N3O5S/c1-24(2)31(27,28)18-8-5-16(6-9-18)22(26)23-14-19(25-11-3-4-12-25)17-7-10-20-21(13-17)30-15-29-20/h5-10,13,19H,3-4,11-12,14-15H2,1-2H3,(H,23,26)/t19-/m1/s1. The number of nitrogens with one attached hydrogen (secondary N) is 1. The predicted molar refractivity (Wildman–Crippen MR) is 116 cm³/mol. The summed E-state index contributed by atoms with van der Waals surface area (Å²) in [5.41, 5.74) is 1.49. The van der Waals surface area contributed by atoms with Crippen molar-refractivity contribution in [2.45, 2.75) is 23.8 Å². The quantitative estimate of drug-likeness (QED) is 0.703. The molecule has 2 aromatic rings. The van der Waals surface area contributed by atoms with Gasteiger partial charge in [-0.15, -0.1) is 0 Å². The smallest absolute Gasteiger partial charge is 0.251 e. The van der Waals surface area contributed by atoms with Gasteiger partial charge in [0.25, 0.3) is 5.91 Å². The van der Waals surface area contributed by atoms with E-state index in [1.165, 1.54) is 38.4 Å². The number of benzene rings is 2. The van der Waals surface area contributed by atoms with Crippen molar-refractivity contribution in [2.75, 3.05) is 40.5 Å². The SMILES string of the molecule is CN(C)S(=O)(=O)c1ccc(C(=O)NC[C@H](c2ccc3c(c2)OCO3)N2CCCC2)cc1. The molecule has 8 nitrogen and oxygen atoms in total. The third kappa shape index (κ3) is 4.53. The van der Waals surface area contributed by atoms with Gasteiger partial charge < -0.3 is 14.8 Å². The van der Waals surface area contributed by atoms with Gasteiger partial charge in [-0.3, -0.25) is 9.69 Å². The molecule has 2 aromatic carbocycles. The van der Waals surface area contributed by atoms with E-state index in [4.69, 9.17) is 9.47 Å². The minimum atomic E-state index is -3.52. The van der Waals surface area contributed by atoms with Gasteiger partial charge in [0.2, 0.25) is 16.8 Å². The van der Waals surface area contributed by atoms with Gasteiger partial charge in [0.1, 0.15) is 0 Å². The van der Waals surface area contributed by atoms with Gasteiger partial charge in [-0.1, -0.05) is 6.07 Å². The summed E-state index contributed by atoms with van der Waals surface area (Å²) in [5.74, 6) is 1.23. The van der Waals surface area contributed by atoms with Crippen LogP contribution in [-0.4, -0.2) is 64.1 Å². The van der Waals surface area contributed by atoms with Gasteiger partial charge in [0.15, 0.2) is 11.5 Å². The summed E-state index contributed by atoms with van der Waals surface area (Å²) in [6, 6.07) is 11.9. The van der Waals surface area contributed by atoms with Gasteiger partial charge in [0, 0.05) is 26.2 Å². The summed E-state index contributed by atoms with van der Waals surface area (Å²) in [5, 5.41) is 3.01. The molecule has 0 spiro atoms. The molecular weight excluding hydrogens is 418 g/mol. The van der Waals surface area contributed by atoms with Crippen LogP contribution >= 0.6 is 0 Å². The lowest BCUT2D eigenvalue weighted by Crippen LogP contribution is -2.36. The molecule has 0 aliphatic carbocycles. The predicted octanol–water partition coefficient (Wildman–Crippen LogP) is 2.23. The number of likely N-dealkylation sites (tertiary alicyclic amines) is 1. The van der Waals surface area contributed by atoms with Crippen LogP contribution in [0.15, 0.2) is 47.4 Å². The summed E-state index contributed by atoms with van der Waals surface area (Å²) < 4.78 is 36.5. The maximum atomic E-state index is 12.7. The van der Waals surface area contributed by atoms with Crippen molar-refractivity contribution in [1.82, 2.24) is 14.5 Å². The molecule has 2 aliphatic heterocycles. The zero-order valence-corrected chi connectivity index (χ0v) is 18.5. The first-order chi connectivity index (χ1) is 14.9. The maximum Gasteiger partial charge on any atom is 0.251 e. The summed E-state index contributed by atoms with van der Waals surface area (Å²) >= 11 is 0. The van der Waals surface area contributed by atoms with E-state index >= 15 is 0 Å².